The van der Waals surface area contributed by atoms with Crippen molar-refractivity contribution in [1.29, 1.82) is 0 Å². The monoisotopic (exact) mass is 203 g/mol. The second-order valence-electron chi connectivity index (χ2n) is 3.85. The lowest BCUT2D eigenvalue weighted by Gasteiger charge is -2.20. The summed E-state index contributed by atoms with van der Waals surface area (Å²) in [5.74, 6) is -0.291. The average Bonchev–Trinajstić information content (AvgIpc) is 2.53. The van der Waals surface area contributed by atoms with E-state index < -0.39 is 0 Å². The Morgan fingerprint density at radius 3 is 2.86 bits per heavy atom. The van der Waals surface area contributed by atoms with E-state index in [9.17, 15) is 9.18 Å². The van der Waals surface area contributed by atoms with Crippen LogP contribution >= 0.6 is 0 Å². The molecule has 0 aromatic carbocycles. The van der Waals surface area contributed by atoms with Crippen molar-refractivity contribution in [3.05, 3.63) is 0 Å². The Morgan fingerprint density at radius 2 is 2.36 bits per heavy atom. The van der Waals surface area contributed by atoms with Crippen LogP contribution in [0.3, 0.4) is 0 Å². The second-order valence-corrected chi connectivity index (χ2v) is 3.85. The summed E-state index contributed by atoms with van der Waals surface area (Å²) >= 11 is 0. The number of nitrogens with two attached hydrogens (primary N) is 1. The molecule has 2 unspecified atom stereocenters. The molecule has 0 saturated carbocycles. The van der Waals surface area contributed by atoms with Crippen molar-refractivity contribution in [3.63, 3.8) is 0 Å². The Kier molecular flexibility index (Phi) is 4.28. The lowest BCUT2D eigenvalue weighted by atomic mass is 10.2. The molecule has 1 fully saturated rings. The van der Waals surface area contributed by atoms with Crippen molar-refractivity contribution < 1.29 is 9.18 Å². The first kappa shape index (κ1) is 11.4. The van der Waals surface area contributed by atoms with E-state index in [1.165, 1.54) is 0 Å². The molecule has 0 spiro atoms. The third kappa shape index (κ3) is 3.23. The number of nitrogens with one attached hydrogen (secondary N) is 1. The molecule has 0 aliphatic carbocycles. The minimum atomic E-state index is -0.331. The zero-order valence-electron chi connectivity index (χ0n) is 8.50. The summed E-state index contributed by atoms with van der Waals surface area (Å²) in [5.41, 5.74) is 5.17. The Labute approximate surface area is 83.6 Å². The van der Waals surface area contributed by atoms with Crippen molar-refractivity contribution >= 4 is 5.91 Å². The fourth-order valence-corrected chi connectivity index (χ4v) is 1.80. The Hall–Kier alpha value is -0.680. The van der Waals surface area contributed by atoms with Gasteiger partial charge in [0, 0.05) is 19.1 Å². The van der Waals surface area contributed by atoms with Crippen LogP contribution in [0, 0.1) is 0 Å². The highest BCUT2D eigenvalue weighted by Crippen LogP contribution is 2.12. The van der Waals surface area contributed by atoms with Crippen LogP contribution in [0.4, 0.5) is 4.39 Å². The quantitative estimate of drug-likeness (QED) is 0.633. The maximum Gasteiger partial charge on any atom is 0.234 e. The molecule has 0 aromatic rings. The number of carbonyl (C=O) groups excluding carboxylic acids is 1. The molecule has 1 saturated heterocycles. The summed E-state index contributed by atoms with van der Waals surface area (Å²) in [6.07, 6.45) is 1.73. The third-order valence-corrected chi connectivity index (χ3v) is 2.58. The number of amides is 1. The average molecular weight is 203 g/mol. The van der Waals surface area contributed by atoms with Crippen molar-refractivity contribution in [2.45, 2.75) is 24.9 Å². The molecule has 1 heterocycles. The smallest absolute Gasteiger partial charge is 0.234 e. The van der Waals surface area contributed by atoms with Gasteiger partial charge in [-0.2, -0.15) is 0 Å². The van der Waals surface area contributed by atoms with Gasteiger partial charge in [0.1, 0.15) is 6.67 Å². The number of alkyl halides is 1. The van der Waals surface area contributed by atoms with E-state index >= 15 is 0 Å². The van der Waals surface area contributed by atoms with E-state index in [4.69, 9.17) is 5.73 Å². The predicted molar refractivity (Wildman–Crippen MR) is 52.6 cm³/mol. The largest absolute Gasteiger partial charge is 0.368 e. The molecule has 0 aromatic heterocycles. The molecule has 0 radical (unpaired) electrons. The van der Waals surface area contributed by atoms with Gasteiger partial charge in [-0.3, -0.25) is 4.79 Å². The lowest BCUT2D eigenvalue weighted by molar-refractivity contribution is -0.119. The molecule has 82 valence electrons. The SMILES string of the molecule is CN(CCF)CC1CCC(C(N)=O)N1. The summed E-state index contributed by atoms with van der Waals surface area (Å²) in [5, 5.41) is 3.14. The molecule has 1 aliphatic rings. The van der Waals surface area contributed by atoms with Crippen LogP contribution in [0.1, 0.15) is 12.8 Å². The van der Waals surface area contributed by atoms with Crippen LogP contribution < -0.4 is 11.1 Å². The summed E-state index contributed by atoms with van der Waals surface area (Å²) in [6, 6.07) is 0.0721. The van der Waals surface area contributed by atoms with Gasteiger partial charge >= 0.3 is 0 Å². The van der Waals surface area contributed by atoms with Crippen molar-refractivity contribution in [1.82, 2.24) is 10.2 Å². The fraction of sp³-hybridized carbons (Fsp3) is 0.889. The molecular weight excluding hydrogens is 185 g/mol. The zero-order chi connectivity index (χ0) is 10.6. The van der Waals surface area contributed by atoms with Crippen LogP contribution in [0.5, 0.6) is 0 Å². The standard InChI is InChI=1S/C9H18FN3O/c1-13(5-4-10)6-7-2-3-8(12-7)9(11)14/h7-8,12H,2-6H2,1H3,(H2,11,14). The van der Waals surface area contributed by atoms with Gasteiger partial charge in [-0.15, -0.1) is 0 Å². The number of primary amides is 1. The highest BCUT2D eigenvalue weighted by Gasteiger charge is 2.27. The minimum absolute atomic E-state index is 0.196. The normalized spacial score (nSPS) is 27.1. The van der Waals surface area contributed by atoms with Crippen molar-refractivity contribution in [2.24, 2.45) is 5.73 Å². The molecule has 1 rings (SSSR count). The third-order valence-electron chi connectivity index (χ3n) is 2.58. The van der Waals surface area contributed by atoms with Crippen LogP contribution in [0.2, 0.25) is 0 Å². The molecular formula is C9H18FN3O. The highest BCUT2D eigenvalue weighted by molar-refractivity contribution is 5.80. The van der Waals surface area contributed by atoms with Gasteiger partial charge in [0.15, 0.2) is 0 Å². The molecule has 5 heteroatoms. The van der Waals surface area contributed by atoms with Gasteiger partial charge < -0.3 is 16.0 Å². The molecule has 14 heavy (non-hydrogen) atoms. The predicted octanol–water partition coefficient (Wildman–Crippen LogP) is -0.506. The Balaban J connectivity index is 2.25. The molecule has 2 atom stereocenters. The molecule has 4 nitrogen and oxygen atoms in total. The summed E-state index contributed by atoms with van der Waals surface area (Å²) < 4.78 is 12.0. The van der Waals surface area contributed by atoms with E-state index in [0.29, 0.717) is 6.54 Å². The van der Waals surface area contributed by atoms with Crippen molar-refractivity contribution in [3.8, 4) is 0 Å². The zero-order valence-corrected chi connectivity index (χ0v) is 8.50. The van der Waals surface area contributed by atoms with E-state index in [-0.39, 0.29) is 24.7 Å². The van der Waals surface area contributed by atoms with Gasteiger partial charge in [0.2, 0.25) is 5.91 Å². The van der Waals surface area contributed by atoms with E-state index in [0.717, 1.165) is 19.4 Å². The van der Waals surface area contributed by atoms with Gasteiger partial charge in [-0.25, -0.2) is 4.39 Å². The number of hydrogen-bond donors (Lipinski definition) is 2. The fourth-order valence-electron chi connectivity index (χ4n) is 1.80. The highest BCUT2D eigenvalue weighted by atomic mass is 19.1. The lowest BCUT2D eigenvalue weighted by Crippen LogP contribution is -2.43. The van der Waals surface area contributed by atoms with Gasteiger partial charge in [-0.1, -0.05) is 0 Å². The molecule has 1 amide bonds. The Morgan fingerprint density at radius 1 is 1.64 bits per heavy atom. The topological polar surface area (TPSA) is 58.4 Å². The number of likely N-dealkylation sites (N-methyl/N-ethyl adjacent to an activating group) is 1. The maximum absolute atomic E-state index is 12.0. The molecule has 1 aliphatic heterocycles. The number of hydrogen-bond acceptors (Lipinski definition) is 3. The first-order valence-electron chi connectivity index (χ1n) is 4.93. The van der Waals surface area contributed by atoms with E-state index in [1.807, 2.05) is 11.9 Å². The summed E-state index contributed by atoms with van der Waals surface area (Å²) in [7, 11) is 1.87. The van der Waals surface area contributed by atoms with Crippen LogP contribution in [0.25, 0.3) is 0 Å². The summed E-state index contributed by atoms with van der Waals surface area (Å²) in [4.78, 5) is 12.8. The number of nitrogens with zero attached hydrogens (tertiary/aromatic N) is 1. The van der Waals surface area contributed by atoms with Crippen LogP contribution in [-0.4, -0.2) is 49.7 Å². The van der Waals surface area contributed by atoms with Crippen LogP contribution in [-0.2, 0) is 4.79 Å². The molecule has 3 N–H and O–H groups in total. The maximum atomic E-state index is 12.0. The molecule has 0 bridgehead atoms. The van der Waals surface area contributed by atoms with Gasteiger partial charge in [-0.05, 0) is 19.9 Å². The van der Waals surface area contributed by atoms with Crippen LogP contribution in [0.15, 0.2) is 0 Å². The van der Waals surface area contributed by atoms with E-state index in [2.05, 4.69) is 5.32 Å². The van der Waals surface area contributed by atoms with Gasteiger partial charge in [0.05, 0.1) is 6.04 Å². The Bertz CT molecular complexity index is 200. The van der Waals surface area contributed by atoms with Gasteiger partial charge in [0.25, 0.3) is 0 Å². The number of carbonyl (C=O) groups is 1. The van der Waals surface area contributed by atoms with Crippen molar-refractivity contribution in [2.75, 3.05) is 26.8 Å². The number of halogens is 1. The first-order chi connectivity index (χ1) is 6.63. The second kappa shape index (κ2) is 5.26. The van der Waals surface area contributed by atoms with E-state index in [1.54, 1.807) is 0 Å². The minimum Gasteiger partial charge on any atom is -0.368 e. The first-order valence-corrected chi connectivity index (χ1v) is 4.93. The summed E-state index contributed by atoms with van der Waals surface area (Å²) in [6.45, 7) is 0.885. The number of rotatable bonds is 5.